The first-order valence-corrected chi connectivity index (χ1v) is 7.63. The molecule has 1 N–H and O–H groups in total. The largest absolute Gasteiger partial charge is 0.381 e. The average Bonchev–Trinajstić information content (AvgIpc) is 2.43. The molecule has 2 rings (SSSR count). The van der Waals surface area contributed by atoms with Gasteiger partial charge in [-0.3, -0.25) is 4.79 Å². The Morgan fingerprint density at radius 1 is 1.50 bits per heavy atom. The Balaban J connectivity index is 2.02. The number of carbonyl (C=O) groups is 1. The number of nitrogens with one attached hydrogen (secondary N) is 1. The lowest BCUT2D eigenvalue weighted by Crippen LogP contribution is -2.38. The number of ether oxygens (including phenoxy) is 1. The molecular formula is C15H19BrFNO2. The van der Waals surface area contributed by atoms with Crippen molar-refractivity contribution in [3.8, 4) is 0 Å². The summed E-state index contributed by atoms with van der Waals surface area (Å²) in [6.07, 6.45) is 1.92. The third-order valence-corrected chi connectivity index (χ3v) is 4.31. The molecule has 1 heterocycles. The van der Waals surface area contributed by atoms with Crippen LogP contribution < -0.4 is 5.32 Å². The van der Waals surface area contributed by atoms with Gasteiger partial charge in [-0.2, -0.15) is 0 Å². The van der Waals surface area contributed by atoms with E-state index in [0.29, 0.717) is 17.1 Å². The number of hydrogen-bond donors (Lipinski definition) is 1. The maximum atomic E-state index is 13.6. The van der Waals surface area contributed by atoms with Gasteiger partial charge in [0.25, 0.3) is 0 Å². The second-order valence-electron chi connectivity index (χ2n) is 5.13. The molecule has 1 aliphatic rings. The van der Waals surface area contributed by atoms with Crippen LogP contribution in [0.1, 0.15) is 31.2 Å². The predicted molar refractivity (Wildman–Crippen MR) is 79.4 cm³/mol. The molecule has 0 aromatic heterocycles. The summed E-state index contributed by atoms with van der Waals surface area (Å²) in [5.74, 6) is -0.591. The van der Waals surface area contributed by atoms with Gasteiger partial charge in [-0.25, -0.2) is 4.39 Å². The van der Waals surface area contributed by atoms with Crippen LogP contribution in [0.2, 0.25) is 0 Å². The summed E-state index contributed by atoms with van der Waals surface area (Å²) in [5, 5.41) is 3.40. The van der Waals surface area contributed by atoms with Crippen LogP contribution in [-0.2, 0) is 9.53 Å². The first-order valence-electron chi connectivity index (χ1n) is 6.84. The van der Waals surface area contributed by atoms with E-state index >= 15 is 0 Å². The molecule has 1 unspecified atom stereocenters. The maximum Gasteiger partial charge on any atom is 0.138 e. The highest BCUT2D eigenvalue weighted by Gasteiger charge is 2.20. The van der Waals surface area contributed by atoms with E-state index in [0.717, 1.165) is 31.6 Å². The maximum absolute atomic E-state index is 13.6. The average molecular weight is 344 g/mol. The van der Waals surface area contributed by atoms with Gasteiger partial charge in [-0.15, -0.1) is 0 Å². The van der Waals surface area contributed by atoms with Crippen LogP contribution >= 0.6 is 15.9 Å². The summed E-state index contributed by atoms with van der Waals surface area (Å²) in [5.41, 5.74) is 0.720. The molecule has 20 heavy (non-hydrogen) atoms. The number of hydrogen-bond acceptors (Lipinski definition) is 3. The number of halogens is 2. The van der Waals surface area contributed by atoms with E-state index < -0.39 is 0 Å². The van der Waals surface area contributed by atoms with Gasteiger partial charge in [0.05, 0.1) is 10.4 Å². The Morgan fingerprint density at radius 3 is 2.80 bits per heavy atom. The van der Waals surface area contributed by atoms with E-state index in [1.807, 2.05) is 0 Å². The molecule has 1 fully saturated rings. The number of rotatable bonds is 5. The molecule has 0 spiro atoms. The fraction of sp³-hybridized carbons (Fsp3) is 0.533. The summed E-state index contributed by atoms with van der Waals surface area (Å²) in [6, 6.07) is 5.26. The molecule has 1 saturated heterocycles. The summed E-state index contributed by atoms with van der Waals surface area (Å²) < 4.78 is 19.3. The molecule has 0 aliphatic carbocycles. The topological polar surface area (TPSA) is 38.3 Å². The molecule has 1 atom stereocenters. The van der Waals surface area contributed by atoms with Crippen LogP contribution in [0.5, 0.6) is 0 Å². The molecule has 0 amide bonds. The molecule has 0 radical (unpaired) electrons. The van der Waals surface area contributed by atoms with Crippen LogP contribution in [0.25, 0.3) is 0 Å². The molecular weight excluding hydrogens is 325 g/mol. The SMILES string of the molecule is CC(=O)C(CNC1CCOCC1)c1ccc(Br)c(F)c1. The zero-order valence-corrected chi connectivity index (χ0v) is 13.1. The summed E-state index contributed by atoms with van der Waals surface area (Å²) in [4.78, 5) is 11.8. The summed E-state index contributed by atoms with van der Waals surface area (Å²) in [7, 11) is 0. The number of benzene rings is 1. The smallest absolute Gasteiger partial charge is 0.138 e. The minimum absolute atomic E-state index is 0.0475. The van der Waals surface area contributed by atoms with Gasteiger partial charge >= 0.3 is 0 Å². The molecule has 0 saturated carbocycles. The highest BCUT2D eigenvalue weighted by atomic mass is 79.9. The molecule has 110 valence electrons. The fourth-order valence-electron chi connectivity index (χ4n) is 2.41. The third kappa shape index (κ3) is 4.11. The Hall–Kier alpha value is -0.780. The number of Topliss-reactive ketones (excluding diaryl/α,β-unsaturated/α-hetero) is 1. The second-order valence-corrected chi connectivity index (χ2v) is 5.99. The Labute approximate surface area is 127 Å². The highest BCUT2D eigenvalue weighted by Crippen LogP contribution is 2.23. The lowest BCUT2D eigenvalue weighted by atomic mass is 9.94. The molecule has 1 aromatic rings. The Morgan fingerprint density at radius 2 is 2.20 bits per heavy atom. The zero-order chi connectivity index (χ0) is 14.5. The molecule has 1 aliphatic heterocycles. The fourth-order valence-corrected chi connectivity index (χ4v) is 2.66. The number of ketones is 1. The minimum Gasteiger partial charge on any atom is -0.381 e. The van der Waals surface area contributed by atoms with Crippen molar-refractivity contribution in [1.29, 1.82) is 0 Å². The monoisotopic (exact) mass is 343 g/mol. The van der Waals surface area contributed by atoms with Crippen molar-refractivity contribution >= 4 is 21.7 Å². The van der Waals surface area contributed by atoms with Gasteiger partial charge < -0.3 is 10.1 Å². The van der Waals surface area contributed by atoms with Gasteiger partial charge in [0, 0.05) is 25.8 Å². The first kappa shape index (κ1) is 15.6. The molecule has 0 bridgehead atoms. The van der Waals surface area contributed by atoms with Gasteiger partial charge in [-0.05, 0) is 53.4 Å². The molecule has 3 nitrogen and oxygen atoms in total. The lowest BCUT2D eigenvalue weighted by Gasteiger charge is -2.25. The van der Waals surface area contributed by atoms with Gasteiger partial charge in [-0.1, -0.05) is 6.07 Å². The van der Waals surface area contributed by atoms with Crippen LogP contribution in [0, 0.1) is 5.82 Å². The van der Waals surface area contributed by atoms with Crippen molar-refractivity contribution in [3.63, 3.8) is 0 Å². The quantitative estimate of drug-likeness (QED) is 0.892. The van der Waals surface area contributed by atoms with E-state index in [4.69, 9.17) is 4.74 Å². The molecule has 1 aromatic carbocycles. The Bertz CT molecular complexity index is 475. The lowest BCUT2D eigenvalue weighted by molar-refractivity contribution is -0.118. The summed E-state index contributed by atoms with van der Waals surface area (Å²) in [6.45, 7) is 3.61. The standard InChI is InChI=1S/C15H19BrFNO2/c1-10(19)13(9-18-12-4-6-20-7-5-12)11-2-3-14(16)15(17)8-11/h2-3,8,12-13,18H,4-7,9H2,1H3. The predicted octanol–water partition coefficient (Wildman–Crippen LogP) is 3.03. The van der Waals surface area contributed by atoms with Crippen LogP contribution in [0.3, 0.4) is 0 Å². The van der Waals surface area contributed by atoms with Crippen molar-refractivity contribution in [1.82, 2.24) is 5.32 Å². The van der Waals surface area contributed by atoms with Crippen molar-refractivity contribution in [2.24, 2.45) is 0 Å². The van der Waals surface area contributed by atoms with Crippen molar-refractivity contribution in [2.45, 2.75) is 31.7 Å². The number of carbonyl (C=O) groups excluding carboxylic acids is 1. The van der Waals surface area contributed by atoms with E-state index in [2.05, 4.69) is 21.2 Å². The van der Waals surface area contributed by atoms with E-state index in [-0.39, 0.29) is 17.5 Å². The van der Waals surface area contributed by atoms with E-state index in [1.165, 1.54) is 6.07 Å². The van der Waals surface area contributed by atoms with Gasteiger partial charge in [0.1, 0.15) is 11.6 Å². The van der Waals surface area contributed by atoms with Gasteiger partial charge in [0.15, 0.2) is 0 Å². The van der Waals surface area contributed by atoms with Crippen molar-refractivity contribution < 1.29 is 13.9 Å². The van der Waals surface area contributed by atoms with Crippen LogP contribution in [0.15, 0.2) is 22.7 Å². The van der Waals surface area contributed by atoms with E-state index in [1.54, 1.807) is 19.1 Å². The normalized spacial score (nSPS) is 17.9. The van der Waals surface area contributed by atoms with E-state index in [9.17, 15) is 9.18 Å². The van der Waals surface area contributed by atoms with Crippen LogP contribution in [-0.4, -0.2) is 31.6 Å². The van der Waals surface area contributed by atoms with Crippen molar-refractivity contribution in [2.75, 3.05) is 19.8 Å². The zero-order valence-electron chi connectivity index (χ0n) is 11.5. The second kappa shape index (κ2) is 7.29. The van der Waals surface area contributed by atoms with Crippen LogP contribution in [0.4, 0.5) is 4.39 Å². The van der Waals surface area contributed by atoms with Crippen molar-refractivity contribution in [3.05, 3.63) is 34.1 Å². The third-order valence-electron chi connectivity index (χ3n) is 3.67. The minimum atomic E-state index is -0.334. The molecule has 5 heteroatoms. The first-order chi connectivity index (χ1) is 9.58. The summed E-state index contributed by atoms with van der Waals surface area (Å²) >= 11 is 3.13. The van der Waals surface area contributed by atoms with Gasteiger partial charge in [0.2, 0.25) is 0 Å². The highest BCUT2D eigenvalue weighted by molar-refractivity contribution is 9.10. The Kier molecular flexibility index (Phi) is 5.69.